The van der Waals surface area contributed by atoms with Gasteiger partial charge in [-0.2, -0.15) is 0 Å². The molecule has 0 aliphatic heterocycles. The molecule has 6 aromatic carbocycles. The average molecular weight is 1470 g/mol. The Morgan fingerprint density at radius 3 is 1.45 bits per heavy atom. The van der Waals surface area contributed by atoms with Gasteiger partial charge < -0.3 is 16.0 Å². The minimum Gasteiger partial charge on any atom is -0.322 e. The lowest BCUT2D eigenvalue weighted by Gasteiger charge is -2.08. The Morgan fingerprint density at radius 2 is 0.951 bits per heavy atom. The van der Waals surface area contributed by atoms with Crippen molar-refractivity contribution in [3.05, 3.63) is 296 Å². The molecular weight excluding hydrogens is 1410 g/mol. The third-order valence-corrected chi connectivity index (χ3v) is 17.7. The van der Waals surface area contributed by atoms with E-state index in [9.17, 15) is 22.8 Å². The molecule has 514 valence electrons. The van der Waals surface area contributed by atoms with Crippen molar-refractivity contribution in [1.82, 2.24) is 73.1 Å². The summed E-state index contributed by atoms with van der Waals surface area (Å²) in [7, 11) is -3.58. The molecule has 1 fully saturated rings. The molecule has 27 heteroatoms. The quantitative estimate of drug-likeness (QED) is 0.0384. The lowest BCUT2D eigenvalue weighted by molar-refractivity contribution is -0.112. The number of sulfonamides is 1. The molecule has 0 atom stereocenters. The van der Waals surface area contributed by atoms with Crippen LogP contribution in [0, 0.1) is 5.92 Å². The number of imidazole rings is 4. The molecule has 3 amide bonds. The second kappa shape index (κ2) is 32.6. The van der Waals surface area contributed by atoms with E-state index in [4.69, 9.17) is 16.6 Å². The Labute approximate surface area is 605 Å². The molecule has 14 aromatic rings. The maximum Gasteiger partial charge on any atom is 0.254 e. The zero-order valence-electron chi connectivity index (χ0n) is 55.2. The molecule has 4 N–H and O–H groups in total. The van der Waals surface area contributed by atoms with E-state index in [2.05, 4.69) is 125 Å². The molecule has 1 saturated carbocycles. The number of aryl methyl sites for hydroxylation is 3. The van der Waals surface area contributed by atoms with Gasteiger partial charge in [-0.3, -0.25) is 42.4 Å². The zero-order chi connectivity index (χ0) is 71.8. The molecule has 1 aliphatic carbocycles. The van der Waals surface area contributed by atoms with Gasteiger partial charge in [0.15, 0.2) is 5.82 Å². The van der Waals surface area contributed by atoms with Gasteiger partial charge in [-0.15, -0.1) is 0 Å². The van der Waals surface area contributed by atoms with Crippen molar-refractivity contribution in [2.45, 2.75) is 44.9 Å². The number of carbonyl (C=O) groups is 3. The highest BCUT2D eigenvalue weighted by atomic mass is 79.9. The number of hydrogen-bond acceptors (Lipinski definition) is 16. The van der Waals surface area contributed by atoms with Gasteiger partial charge >= 0.3 is 0 Å². The summed E-state index contributed by atoms with van der Waals surface area (Å²) in [5.41, 5.74) is 14.1. The minimum absolute atomic E-state index is 0.241. The molecular formula is C76H65BrClN19O5S. The summed E-state index contributed by atoms with van der Waals surface area (Å²) in [6.45, 7) is 13.7. The highest BCUT2D eigenvalue weighted by Gasteiger charge is 2.21. The first kappa shape index (κ1) is 70.3. The van der Waals surface area contributed by atoms with E-state index in [1.165, 1.54) is 49.4 Å². The van der Waals surface area contributed by atoms with E-state index in [1.54, 1.807) is 74.4 Å². The summed E-state index contributed by atoms with van der Waals surface area (Å²) in [5.74, 6) is 2.98. The van der Waals surface area contributed by atoms with Crippen molar-refractivity contribution < 1.29 is 22.8 Å². The van der Waals surface area contributed by atoms with Gasteiger partial charge in [0.2, 0.25) is 17.7 Å². The molecule has 8 heterocycles. The average Bonchev–Trinajstić information content (AvgIpc) is 1.69. The van der Waals surface area contributed by atoms with E-state index in [0.29, 0.717) is 45.8 Å². The van der Waals surface area contributed by atoms with Crippen molar-refractivity contribution >= 4 is 122 Å². The van der Waals surface area contributed by atoms with Crippen molar-refractivity contribution in [2.75, 3.05) is 20.7 Å². The summed E-state index contributed by atoms with van der Waals surface area (Å²) in [4.78, 5) is 83.0. The van der Waals surface area contributed by atoms with Crippen LogP contribution in [0.5, 0.6) is 0 Å². The maximum absolute atomic E-state index is 11.8. The molecule has 0 saturated heterocycles. The Kier molecular flexibility index (Phi) is 22.3. The van der Waals surface area contributed by atoms with Crippen molar-refractivity contribution in [3.8, 4) is 23.3 Å². The van der Waals surface area contributed by atoms with E-state index in [0.717, 1.165) is 114 Å². The number of carbonyl (C=O) groups excluding carboxylic acids is 3. The van der Waals surface area contributed by atoms with Gasteiger partial charge in [0.25, 0.3) is 10.0 Å². The smallest absolute Gasteiger partial charge is 0.254 e. The number of nitrogens with zero attached hydrogens (tertiary/aromatic N) is 15. The molecule has 0 spiro atoms. The monoisotopic (exact) mass is 1470 g/mol. The summed E-state index contributed by atoms with van der Waals surface area (Å²) < 4.78 is 34.2. The van der Waals surface area contributed by atoms with Crippen LogP contribution in [0.3, 0.4) is 0 Å². The SMILES string of the molecule is C=CC(=O)Nc1ccc2ncn(-c3cc(CCC4CC4)ncn3)c2c1.C=CC(=O)Nc1ccc2ncn(-c3cccc(Br)n3)c2c1.C=CC(=O)Nc1ccc2ncn(-c3cncc(Cc4cccc(Cl)c4)n3)c2c1.C=CS(=O)(=O)Nc1ccc2ncn(-c3cc(CCc4ccccc4)ncn3)c2c1. The van der Waals surface area contributed by atoms with Gasteiger partial charge in [-0.25, -0.2) is 58.3 Å². The number of anilines is 4. The molecule has 8 aromatic heterocycles. The Bertz CT molecular complexity index is 5600. The van der Waals surface area contributed by atoms with Crippen LogP contribution in [0.25, 0.3) is 67.4 Å². The molecule has 1 aliphatic rings. The van der Waals surface area contributed by atoms with Crippen LogP contribution in [-0.2, 0) is 50.1 Å². The fraction of sp³-hybridized carbons (Fsp3) is 0.105. The van der Waals surface area contributed by atoms with Gasteiger partial charge in [0.05, 0.1) is 61.7 Å². The normalized spacial score (nSPS) is 11.6. The van der Waals surface area contributed by atoms with E-state index in [1.807, 2.05) is 134 Å². The first-order chi connectivity index (χ1) is 50.1. The second-order valence-corrected chi connectivity index (χ2v) is 26.2. The lowest BCUT2D eigenvalue weighted by atomic mass is 10.1. The molecule has 24 nitrogen and oxygen atoms in total. The predicted molar refractivity (Wildman–Crippen MR) is 405 cm³/mol. The summed E-state index contributed by atoms with van der Waals surface area (Å²) in [5, 5.41) is 9.83. The first-order valence-electron chi connectivity index (χ1n) is 32.3. The van der Waals surface area contributed by atoms with Gasteiger partial charge in [0.1, 0.15) is 60.0 Å². The van der Waals surface area contributed by atoms with Gasteiger partial charge in [-0.05, 0) is 174 Å². The van der Waals surface area contributed by atoms with Crippen LogP contribution in [0.15, 0.2) is 263 Å². The molecule has 0 unspecified atom stereocenters. The van der Waals surface area contributed by atoms with Crippen LogP contribution in [-0.4, -0.2) is 99.2 Å². The number of rotatable bonds is 21. The Morgan fingerprint density at radius 1 is 0.476 bits per heavy atom. The largest absolute Gasteiger partial charge is 0.322 e. The topological polar surface area (TPSA) is 295 Å². The maximum atomic E-state index is 11.8. The number of halogens is 2. The molecule has 0 bridgehead atoms. The van der Waals surface area contributed by atoms with E-state index >= 15 is 0 Å². The standard InChI is InChI=1S/C21H16ClN5O.C21H19N5O2S.C19H19N5O.C15H11BrN4O/c1-2-21(28)26-16-6-7-18-19(10-16)27(13-24-18)20-12-23-11-17(25-20)9-14-4-3-5-15(22)8-14;1-2-29(27,28)25-18-10-11-19-20(12-18)26(15-24-19)21-13-17(22-14-23-21)9-8-16-6-4-3-5-7-16;1-2-19(25)23-15-7-8-16-17(9-15)24(12-22-16)18-10-14(20-11-21-18)6-5-13-3-4-13;1-2-15(21)18-10-6-7-11-12(8-10)20(9-17-11)14-5-3-4-13(16)19-14/h2-8,10-13H,1,9H2,(H,26,28);2-7,10-15,25H,1,8-9H2;2,7-13H,1,3-6H2,(H,23,25);2-9H,1H2,(H,18,21). The Balaban J connectivity index is 0.000000130. The first-order valence-corrected chi connectivity index (χ1v) is 35.0. The van der Waals surface area contributed by atoms with Crippen LogP contribution in [0.1, 0.15) is 47.5 Å². The number of nitrogens with one attached hydrogen (secondary N) is 4. The fourth-order valence-electron chi connectivity index (χ4n) is 10.8. The number of aromatic nitrogens is 15. The number of benzene rings is 6. The number of pyridine rings is 1. The number of amides is 3. The Hall–Kier alpha value is -12.5. The highest BCUT2D eigenvalue weighted by molar-refractivity contribution is 9.10. The molecule has 103 heavy (non-hydrogen) atoms. The van der Waals surface area contributed by atoms with E-state index < -0.39 is 10.0 Å². The zero-order valence-corrected chi connectivity index (χ0v) is 58.4. The highest BCUT2D eigenvalue weighted by Crippen LogP contribution is 2.34. The third-order valence-electron chi connectivity index (χ3n) is 16.1. The fourth-order valence-corrected chi connectivity index (χ4v) is 11.9. The number of hydrogen-bond donors (Lipinski definition) is 4. The predicted octanol–water partition coefficient (Wildman–Crippen LogP) is 14.3. The second-order valence-electron chi connectivity index (χ2n) is 23.4. The van der Waals surface area contributed by atoms with Gasteiger partial charge in [0, 0.05) is 63.6 Å². The van der Waals surface area contributed by atoms with Crippen molar-refractivity contribution in [3.63, 3.8) is 0 Å². The molecule has 0 radical (unpaired) electrons. The van der Waals surface area contributed by atoms with Crippen LogP contribution in [0.2, 0.25) is 5.02 Å². The van der Waals surface area contributed by atoms with Crippen molar-refractivity contribution in [2.24, 2.45) is 5.92 Å². The van der Waals surface area contributed by atoms with Crippen LogP contribution < -0.4 is 20.7 Å². The summed E-state index contributed by atoms with van der Waals surface area (Å²) >= 11 is 9.42. The van der Waals surface area contributed by atoms with Crippen molar-refractivity contribution in [1.29, 1.82) is 0 Å². The third kappa shape index (κ3) is 18.5. The van der Waals surface area contributed by atoms with Crippen LogP contribution >= 0.6 is 27.5 Å². The summed E-state index contributed by atoms with van der Waals surface area (Å²) in [6, 6.07) is 49.2. The van der Waals surface area contributed by atoms with Crippen LogP contribution in [0.4, 0.5) is 22.7 Å². The summed E-state index contributed by atoms with van der Waals surface area (Å²) in [6.07, 6.45) is 24.2. The minimum atomic E-state index is -3.58. The molecule has 15 rings (SSSR count). The van der Waals surface area contributed by atoms with E-state index in [-0.39, 0.29) is 17.7 Å². The lowest BCUT2D eigenvalue weighted by Crippen LogP contribution is -2.08. The van der Waals surface area contributed by atoms with Gasteiger partial charge in [-0.1, -0.05) is 99.3 Å². The number of fused-ring (bicyclic) bond motifs is 4.